The first-order valence-electron chi connectivity index (χ1n) is 5.58. The Kier molecular flexibility index (Phi) is 5.37. The zero-order valence-corrected chi connectivity index (χ0v) is 10.5. The molecule has 0 N–H and O–H groups in total. The van der Waals surface area contributed by atoms with Gasteiger partial charge in [0.25, 0.3) is 0 Å². The molecule has 98 valence electrons. The molecular formula is C11H19NO5. The highest BCUT2D eigenvalue weighted by Gasteiger charge is 2.29. The summed E-state index contributed by atoms with van der Waals surface area (Å²) in [5, 5.41) is 0. The molecule has 1 aliphatic rings. The molecule has 0 aromatic rings. The van der Waals surface area contributed by atoms with E-state index in [1.165, 1.54) is 14.2 Å². The fraction of sp³-hybridized carbons (Fsp3) is 0.818. The van der Waals surface area contributed by atoms with E-state index in [1.54, 1.807) is 6.92 Å². The molecule has 1 saturated heterocycles. The van der Waals surface area contributed by atoms with Gasteiger partial charge in [0.05, 0.1) is 26.7 Å². The van der Waals surface area contributed by atoms with Gasteiger partial charge in [-0.2, -0.15) is 0 Å². The Morgan fingerprint density at radius 2 is 2.12 bits per heavy atom. The van der Waals surface area contributed by atoms with E-state index in [4.69, 9.17) is 4.74 Å². The van der Waals surface area contributed by atoms with Gasteiger partial charge in [0.15, 0.2) is 6.10 Å². The van der Waals surface area contributed by atoms with Gasteiger partial charge in [0, 0.05) is 19.6 Å². The molecule has 2 atom stereocenters. The van der Waals surface area contributed by atoms with Crippen molar-refractivity contribution < 1.29 is 23.8 Å². The molecule has 0 bridgehead atoms. The lowest BCUT2D eigenvalue weighted by Gasteiger charge is -2.32. The van der Waals surface area contributed by atoms with Crippen LogP contribution in [-0.4, -0.2) is 63.4 Å². The molecule has 1 rings (SSSR count). The zero-order chi connectivity index (χ0) is 12.8. The quantitative estimate of drug-likeness (QED) is 0.632. The van der Waals surface area contributed by atoms with Gasteiger partial charge in [-0.25, -0.2) is 4.79 Å². The molecule has 0 saturated carbocycles. The number of nitrogens with zero attached hydrogens (tertiary/aromatic N) is 1. The summed E-state index contributed by atoms with van der Waals surface area (Å²) in [6, 6.07) is 0. The molecule has 1 heterocycles. The lowest BCUT2D eigenvalue weighted by molar-refractivity contribution is -0.160. The minimum atomic E-state index is -0.557. The number of hydrogen-bond acceptors (Lipinski definition) is 6. The average Bonchev–Trinajstić information content (AvgIpc) is 2.37. The Morgan fingerprint density at radius 1 is 1.41 bits per heavy atom. The average molecular weight is 245 g/mol. The summed E-state index contributed by atoms with van der Waals surface area (Å²) < 4.78 is 14.6. The van der Waals surface area contributed by atoms with Crippen molar-refractivity contribution in [3.05, 3.63) is 0 Å². The molecule has 0 amide bonds. The van der Waals surface area contributed by atoms with Gasteiger partial charge in [0.2, 0.25) is 0 Å². The maximum atomic E-state index is 11.3. The van der Waals surface area contributed by atoms with Crippen LogP contribution in [0.5, 0.6) is 0 Å². The van der Waals surface area contributed by atoms with Crippen LogP contribution >= 0.6 is 0 Å². The summed E-state index contributed by atoms with van der Waals surface area (Å²) in [6.07, 6.45) is -0.557. The molecule has 1 aliphatic heterocycles. The fourth-order valence-corrected chi connectivity index (χ4v) is 1.81. The van der Waals surface area contributed by atoms with E-state index in [1.807, 2.05) is 4.90 Å². The highest BCUT2D eigenvalue weighted by atomic mass is 16.6. The molecule has 2 unspecified atom stereocenters. The Bertz CT molecular complexity index is 279. The third kappa shape index (κ3) is 3.98. The van der Waals surface area contributed by atoms with E-state index in [-0.39, 0.29) is 17.9 Å². The second kappa shape index (κ2) is 6.56. The van der Waals surface area contributed by atoms with Crippen LogP contribution in [0, 0.1) is 5.92 Å². The SMILES string of the molecule is COC(=O)C(C)CN1CCOC(C(=O)OC)C1. The molecule has 0 aromatic carbocycles. The summed E-state index contributed by atoms with van der Waals surface area (Å²) in [7, 11) is 2.71. The van der Waals surface area contributed by atoms with Gasteiger partial charge >= 0.3 is 11.9 Å². The van der Waals surface area contributed by atoms with Crippen molar-refractivity contribution in [2.24, 2.45) is 5.92 Å². The Hall–Kier alpha value is -1.14. The van der Waals surface area contributed by atoms with Crippen LogP contribution in [0.15, 0.2) is 0 Å². The second-order valence-electron chi connectivity index (χ2n) is 4.07. The first-order chi connectivity index (χ1) is 8.08. The van der Waals surface area contributed by atoms with Crippen molar-refractivity contribution in [1.82, 2.24) is 4.90 Å². The number of morpholine rings is 1. The lowest BCUT2D eigenvalue weighted by atomic mass is 10.1. The summed E-state index contributed by atoms with van der Waals surface area (Å²) in [4.78, 5) is 24.6. The molecular weight excluding hydrogens is 226 g/mol. The van der Waals surface area contributed by atoms with Crippen molar-refractivity contribution >= 4 is 11.9 Å². The highest BCUT2D eigenvalue weighted by Crippen LogP contribution is 2.10. The Balaban J connectivity index is 2.44. The minimum Gasteiger partial charge on any atom is -0.469 e. The van der Waals surface area contributed by atoms with Gasteiger partial charge in [-0.15, -0.1) is 0 Å². The van der Waals surface area contributed by atoms with E-state index in [0.29, 0.717) is 26.2 Å². The van der Waals surface area contributed by atoms with Crippen molar-refractivity contribution in [3.8, 4) is 0 Å². The smallest absolute Gasteiger partial charge is 0.336 e. The van der Waals surface area contributed by atoms with Gasteiger partial charge in [-0.05, 0) is 0 Å². The monoisotopic (exact) mass is 245 g/mol. The van der Waals surface area contributed by atoms with Crippen molar-refractivity contribution in [1.29, 1.82) is 0 Å². The summed E-state index contributed by atoms with van der Waals surface area (Å²) in [5.41, 5.74) is 0. The van der Waals surface area contributed by atoms with Crippen LogP contribution in [0.4, 0.5) is 0 Å². The van der Waals surface area contributed by atoms with Crippen LogP contribution in [-0.2, 0) is 23.8 Å². The topological polar surface area (TPSA) is 65.1 Å². The lowest BCUT2D eigenvalue weighted by Crippen LogP contribution is -2.48. The molecule has 0 aromatic heterocycles. The maximum absolute atomic E-state index is 11.3. The summed E-state index contributed by atoms with van der Waals surface area (Å²) in [5.74, 6) is -0.831. The van der Waals surface area contributed by atoms with E-state index in [9.17, 15) is 9.59 Å². The van der Waals surface area contributed by atoms with E-state index >= 15 is 0 Å². The van der Waals surface area contributed by atoms with Crippen LogP contribution in [0.1, 0.15) is 6.92 Å². The predicted molar refractivity (Wildman–Crippen MR) is 59.4 cm³/mol. The van der Waals surface area contributed by atoms with Gasteiger partial charge in [-0.3, -0.25) is 9.69 Å². The molecule has 0 spiro atoms. The van der Waals surface area contributed by atoms with Crippen molar-refractivity contribution in [3.63, 3.8) is 0 Å². The van der Waals surface area contributed by atoms with Gasteiger partial charge in [0.1, 0.15) is 0 Å². The number of esters is 2. The number of rotatable bonds is 4. The first kappa shape index (κ1) is 13.9. The molecule has 0 aliphatic carbocycles. The zero-order valence-electron chi connectivity index (χ0n) is 10.5. The molecule has 17 heavy (non-hydrogen) atoms. The Morgan fingerprint density at radius 3 is 2.71 bits per heavy atom. The molecule has 1 fully saturated rings. The van der Waals surface area contributed by atoms with Crippen LogP contribution in [0.25, 0.3) is 0 Å². The highest BCUT2D eigenvalue weighted by molar-refractivity contribution is 5.75. The van der Waals surface area contributed by atoms with Crippen LogP contribution < -0.4 is 0 Å². The second-order valence-corrected chi connectivity index (χ2v) is 4.07. The third-order valence-corrected chi connectivity index (χ3v) is 2.75. The summed E-state index contributed by atoms with van der Waals surface area (Å²) in [6.45, 7) is 3.98. The number of hydrogen-bond donors (Lipinski definition) is 0. The standard InChI is InChI=1S/C11H19NO5/c1-8(10(13)15-2)6-12-4-5-17-9(7-12)11(14)16-3/h8-9H,4-7H2,1-3H3. The predicted octanol–water partition coefficient (Wildman–Crippen LogP) is -0.331. The third-order valence-electron chi connectivity index (χ3n) is 2.75. The molecule has 0 radical (unpaired) electrons. The fourth-order valence-electron chi connectivity index (χ4n) is 1.81. The first-order valence-corrected chi connectivity index (χ1v) is 5.58. The van der Waals surface area contributed by atoms with E-state index in [0.717, 1.165) is 0 Å². The van der Waals surface area contributed by atoms with Crippen molar-refractivity contribution in [2.75, 3.05) is 40.5 Å². The van der Waals surface area contributed by atoms with Crippen molar-refractivity contribution in [2.45, 2.75) is 13.0 Å². The molecule has 6 nitrogen and oxygen atoms in total. The maximum Gasteiger partial charge on any atom is 0.336 e. The van der Waals surface area contributed by atoms with Gasteiger partial charge < -0.3 is 14.2 Å². The number of carbonyl (C=O) groups excluding carboxylic acids is 2. The number of methoxy groups -OCH3 is 2. The number of carbonyl (C=O) groups is 2. The Labute approximate surface area is 101 Å². The normalized spacial score (nSPS) is 22.9. The van der Waals surface area contributed by atoms with Crippen LogP contribution in [0.2, 0.25) is 0 Å². The summed E-state index contributed by atoms with van der Waals surface area (Å²) >= 11 is 0. The van der Waals surface area contributed by atoms with Crippen LogP contribution in [0.3, 0.4) is 0 Å². The molecule has 6 heteroatoms. The van der Waals surface area contributed by atoms with E-state index in [2.05, 4.69) is 9.47 Å². The largest absolute Gasteiger partial charge is 0.469 e. The van der Waals surface area contributed by atoms with Gasteiger partial charge in [-0.1, -0.05) is 6.92 Å². The number of ether oxygens (including phenoxy) is 3. The minimum absolute atomic E-state index is 0.212. The van der Waals surface area contributed by atoms with E-state index < -0.39 is 6.10 Å².